The zero-order valence-corrected chi connectivity index (χ0v) is 13.4. The van der Waals surface area contributed by atoms with E-state index in [2.05, 4.69) is 5.32 Å². The number of amides is 1. The van der Waals surface area contributed by atoms with Crippen molar-refractivity contribution in [1.82, 2.24) is 5.32 Å². The van der Waals surface area contributed by atoms with Gasteiger partial charge in [0, 0.05) is 25.8 Å². The van der Waals surface area contributed by atoms with E-state index in [0.717, 1.165) is 12.8 Å². The Morgan fingerprint density at radius 2 is 1.95 bits per heavy atom. The molecule has 0 fully saturated rings. The average molecular weight is 314 g/mol. The van der Waals surface area contributed by atoms with Gasteiger partial charge in [-0.15, -0.1) is 0 Å². The Labute approximate surface area is 125 Å². The lowest BCUT2D eigenvalue weighted by Crippen LogP contribution is -2.25. The number of carbonyl (C=O) groups excluding carboxylic acids is 1. The number of primary sulfonamides is 1. The summed E-state index contributed by atoms with van der Waals surface area (Å²) in [5.41, 5.74) is 1.58. The van der Waals surface area contributed by atoms with E-state index in [1.54, 1.807) is 27.0 Å². The summed E-state index contributed by atoms with van der Waals surface area (Å²) >= 11 is 0. The highest BCUT2D eigenvalue weighted by Crippen LogP contribution is 2.20. The van der Waals surface area contributed by atoms with Crippen LogP contribution >= 0.6 is 0 Å². The Hall–Kier alpha value is -1.44. The first kappa shape index (κ1) is 17.6. The summed E-state index contributed by atoms with van der Waals surface area (Å²) in [7, 11) is -2.21. The molecule has 1 aromatic carbocycles. The fraction of sp³-hybridized carbons (Fsp3) is 0.500. The number of nitrogens with one attached hydrogen (secondary N) is 1. The van der Waals surface area contributed by atoms with Crippen LogP contribution in [0.2, 0.25) is 0 Å². The van der Waals surface area contributed by atoms with Gasteiger partial charge in [-0.1, -0.05) is 0 Å². The smallest absolute Gasteiger partial charge is 0.251 e. The molecule has 0 aromatic heterocycles. The van der Waals surface area contributed by atoms with Crippen LogP contribution in [0, 0.1) is 13.8 Å². The zero-order valence-electron chi connectivity index (χ0n) is 12.6. The topological polar surface area (TPSA) is 98.5 Å². The summed E-state index contributed by atoms with van der Waals surface area (Å²) in [5, 5.41) is 7.93. The lowest BCUT2D eigenvalue weighted by molar-refractivity contribution is 0.0951. The fourth-order valence-electron chi connectivity index (χ4n) is 1.93. The second-order valence-corrected chi connectivity index (χ2v) is 6.45. The predicted molar refractivity (Wildman–Crippen MR) is 80.7 cm³/mol. The number of sulfonamides is 1. The molecule has 0 saturated carbocycles. The molecule has 1 aromatic rings. The highest BCUT2D eigenvalue weighted by Gasteiger charge is 2.17. The number of ether oxygens (including phenoxy) is 1. The quantitative estimate of drug-likeness (QED) is 0.736. The van der Waals surface area contributed by atoms with Crippen LogP contribution in [-0.2, 0) is 14.8 Å². The molecule has 1 rings (SSSR count). The molecule has 0 bridgehead atoms. The van der Waals surface area contributed by atoms with Gasteiger partial charge in [-0.25, -0.2) is 13.6 Å². The molecular formula is C14H22N2O4S. The minimum atomic E-state index is -3.84. The molecule has 7 heteroatoms. The van der Waals surface area contributed by atoms with Gasteiger partial charge < -0.3 is 10.1 Å². The molecule has 3 N–H and O–H groups in total. The molecule has 0 atom stereocenters. The van der Waals surface area contributed by atoms with E-state index in [4.69, 9.17) is 9.88 Å². The van der Waals surface area contributed by atoms with E-state index in [9.17, 15) is 13.2 Å². The molecule has 0 aliphatic rings. The highest BCUT2D eigenvalue weighted by molar-refractivity contribution is 7.89. The Morgan fingerprint density at radius 3 is 2.52 bits per heavy atom. The Kier molecular flexibility index (Phi) is 6.32. The van der Waals surface area contributed by atoms with Crippen LogP contribution in [0.5, 0.6) is 0 Å². The Bertz CT molecular complexity index is 612. The van der Waals surface area contributed by atoms with Gasteiger partial charge in [0.2, 0.25) is 10.0 Å². The summed E-state index contributed by atoms with van der Waals surface area (Å²) in [5.74, 6) is -0.305. The van der Waals surface area contributed by atoms with Gasteiger partial charge in [0.05, 0.1) is 4.90 Å². The second kappa shape index (κ2) is 7.53. The largest absolute Gasteiger partial charge is 0.385 e. The number of hydrogen-bond donors (Lipinski definition) is 2. The molecule has 6 nitrogen and oxygen atoms in total. The van der Waals surface area contributed by atoms with Crippen LogP contribution in [0.3, 0.4) is 0 Å². The fourth-order valence-corrected chi connectivity index (χ4v) is 2.81. The minimum absolute atomic E-state index is 0.00738. The van der Waals surface area contributed by atoms with Gasteiger partial charge in [-0.05, 0) is 49.9 Å². The van der Waals surface area contributed by atoms with Gasteiger partial charge in [0.1, 0.15) is 0 Å². The van der Waals surface area contributed by atoms with Crippen molar-refractivity contribution in [3.8, 4) is 0 Å². The van der Waals surface area contributed by atoms with Crippen molar-refractivity contribution in [3.63, 3.8) is 0 Å². The van der Waals surface area contributed by atoms with E-state index < -0.39 is 10.0 Å². The third-order valence-corrected chi connectivity index (χ3v) is 4.29. The third kappa shape index (κ3) is 5.11. The van der Waals surface area contributed by atoms with Crippen molar-refractivity contribution < 1.29 is 17.9 Å². The van der Waals surface area contributed by atoms with Crippen molar-refractivity contribution in [2.75, 3.05) is 20.3 Å². The standard InChI is InChI=1S/C14H22N2O4S/c1-10-8-12(9-13(11(10)2)21(15,18)19)14(17)16-6-4-5-7-20-3/h8-9H,4-7H2,1-3H3,(H,16,17)(H2,15,18,19). The summed E-state index contributed by atoms with van der Waals surface area (Å²) < 4.78 is 28.0. The number of benzene rings is 1. The number of carbonyl (C=O) groups is 1. The number of nitrogens with two attached hydrogens (primary N) is 1. The molecule has 0 unspecified atom stereocenters. The third-order valence-electron chi connectivity index (χ3n) is 3.25. The van der Waals surface area contributed by atoms with E-state index in [1.165, 1.54) is 6.07 Å². The van der Waals surface area contributed by atoms with Crippen LogP contribution in [-0.4, -0.2) is 34.6 Å². The number of aryl methyl sites for hydroxylation is 1. The molecule has 118 valence electrons. The number of methoxy groups -OCH3 is 1. The van der Waals surface area contributed by atoms with Crippen molar-refractivity contribution in [2.24, 2.45) is 5.14 Å². The zero-order chi connectivity index (χ0) is 16.0. The summed E-state index contributed by atoms with van der Waals surface area (Å²) in [6.07, 6.45) is 1.65. The van der Waals surface area contributed by atoms with E-state index in [1.807, 2.05) is 0 Å². The van der Waals surface area contributed by atoms with E-state index in [-0.39, 0.29) is 10.8 Å². The molecule has 0 aliphatic heterocycles. The average Bonchev–Trinajstić information content (AvgIpc) is 2.39. The number of hydrogen-bond acceptors (Lipinski definition) is 4. The van der Waals surface area contributed by atoms with Gasteiger partial charge in [0.15, 0.2) is 0 Å². The highest BCUT2D eigenvalue weighted by atomic mass is 32.2. The summed E-state index contributed by atoms with van der Waals surface area (Å²) in [6, 6.07) is 2.98. The molecule has 0 spiro atoms. The van der Waals surface area contributed by atoms with Crippen molar-refractivity contribution >= 4 is 15.9 Å². The SMILES string of the molecule is COCCCCNC(=O)c1cc(C)c(C)c(S(N)(=O)=O)c1. The lowest BCUT2D eigenvalue weighted by Gasteiger charge is -2.11. The van der Waals surface area contributed by atoms with Gasteiger partial charge in [-0.3, -0.25) is 4.79 Å². The maximum Gasteiger partial charge on any atom is 0.251 e. The summed E-state index contributed by atoms with van der Waals surface area (Å²) in [4.78, 5) is 12.0. The first-order valence-electron chi connectivity index (χ1n) is 6.68. The second-order valence-electron chi connectivity index (χ2n) is 4.92. The van der Waals surface area contributed by atoms with Crippen molar-refractivity contribution in [2.45, 2.75) is 31.6 Å². The Balaban J connectivity index is 2.84. The van der Waals surface area contributed by atoms with Crippen LogP contribution in [0.1, 0.15) is 34.3 Å². The predicted octanol–water partition coefficient (Wildman–Crippen LogP) is 1.11. The molecule has 0 heterocycles. The first-order valence-corrected chi connectivity index (χ1v) is 8.23. The monoisotopic (exact) mass is 314 g/mol. The van der Waals surface area contributed by atoms with Crippen molar-refractivity contribution in [3.05, 3.63) is 28.8 Å². The van der Waals surface area contributed by atoms with Crippen molar-refractivity contribution in [1.29, 1.82) is 0 Å². The number of unbranched alkanes of at least 4 members (excludes halogenated alkanes) is 1. The molecule has 0 saturated heterocycles. The maximum absolute atomic E-state index is 12.0. The van der Waals surface area contributed by atoms with Crippen LogP contribution in [0.15, 0.2) is 17.0 Å². The molecule has 21 heavy (non-hydrogen) atoms. The normalized spacial score (nSPS) is 11.4. The van der Waals surface area contributed by atoms with E-state index >= 15 is 0 Å². The van der Waals surface area contributed by atoms with Crippen LogP contribution in [0.4, 0.5) is 0 Å². The molecule has 0 radical (unpaired) electrons. The maximum atomic E-state index is 12.0. The summed E-state index contributed by atoms with van der Waals surface area (Å²) in [6.45, 7) is 4.58. The minimum Gasteiger partial charge on any atom is -0.385 e. The van der Waals surface area contributed by atoms with Crippen LogP contribution in [0.25, 0.3) is 0 Å². The Morgan fingerprint density at radius 1 is 1.29 bits per heavy atom. The molecule has 1 amide bonds. The van der Waals surface area contributed by atoms with Gasteiger partial charge >= 0.3 is 0 Å². The van der Waals surface area contributed by atoms with Gasteiger partial charge in [-0.2, -0.15) is 0 Å². The van der Waals surface area contributed by atoms with Gasteiger partial charge in [0.25, 0.3) is 5.91 Å². The lowest BCUT2D eigenvalue weighted by atomic mass is 10.1. The van der Waals surface area contributed by atoms with E-state index in [0.29, 0.717) is 29.8 Å². The first-order chi connectivity index (χ1) is 9.77. The number of rotatable bonds is 7. The van der Waals surface area contributed by atoms with Crippen LogP contribution < -0.4 is 10.5 Å². The molecular weight excluding hydrogens is 292 g/mol. The molecule has 0 aliphatic carbocycles.